The highest BCUT2D eigenvalue weighted by Gasteiger charge is 2.15. The molecule has 2 nitrogen and oxygen atoms in total. The average Bonchev–Trinajstić information content (AvgIpc) is 2.37. The molecular weight excluding hydrogens is 246 g/mol. The molecule has 0 saturated heterocycles. The van der Waals surface area contributed by atoms with Gasteiger partial charge in [0.05, 0.1) is 17.2 Å². The zero-order valence-corrected chi connectivity index (χ0v) is 10.5. The maximum Gasteiger partial charge on any atom is 0.253 e. The van der Waals surface area contributed by atoms with Crippen molar-refractivity contribution in [1.82, 2.24) is 0 Å². The van der Waals surface area contributed by atoms with Gasteiger partial charge in [0.1, 0.15) is 0 Å². The average molecular weight is 256 g/mol. The quantitative estimate of drug-likeness (QED) is 0.757. The first kappa shape index (κ1) is 12.3. The third kappa shape index (κ3) is 2.01. The fraction of sp³-hybridized carbons (Fsp3) is 0.0667. The van der Waals surface area contributed by atoms with E-state index < -0.39 is 5.24 Å². The second-order valence-corrected chi connectivity index (χ2v) is 4.16. The monoisotopic (exact) mass is 255 g/mol. The van der Waals surface area contributed by atoms with Gasteiger partial charge in [0.25, 0.3) is 5.24 Å². The number of nitriles is 1. The maximum absolute atomic E-state index is 11.6. The van der Waals surface area contributed by atoms with E-state index in [-0.39, 0.29) is 0 Å². The van der Waals surface area contributed by atoms with Crippen LogP contribution in [0.15, 0.2) is 36.4 Å². The van der Waals surface area contributed by atoms with Crippen LogP contribution in [0.2, 0.25) is 0 Å². The zero-order chi connectivity index (χ0) is 13.1. The molecule has 2 rings (SSSR count). The summed E-state index contributed by atoms with van der Waals surface area (Å²) >= 11 is 5.67. The highest BCUT2D eigenvalue weighted by atomic mass is 35.5. The number of carbonyl (C=O) groups excluding carboxylic acids is 1. The zero-order valence-electron chi connectivity index (χ0n) is 9.77. The Balaban J connectivity index is 2.99. The minimum Gasteiger partial charge on any atom is -0.276 e. The van der Waals surface area contributed by atoms with Gasteiger partial charge < -0.3 is 0 Å². The van der Waals surface area contributed by atoms with E-state index in [2.05, 4.69) is 6.07 Å². The molecular formula is C15H10ClNO. The van der Waals surface area contributed by atoms with E-state index in [1.54, 1.807) is 18.2 Å². The molecule has 0 bridgehead atoms. The predicted octanol–water partition coefficient (Wildman–Crippen LogP) is 4.12. The topological polar surface area (TPSA) is 40.9 Å². The Labute approximate surface area is 110 Å². The molecule has 0 aliphatic rings. The number of fused-ring (bicyclic) bond motifs is 1. The molecule has 2 aromatic rings. The van der Waals surface area contributed by atoms with Crippen molar-refractivity contribution in [1.29, 1.82) is 5.26 Å². The van der Waals surface area contributed by atoms with Crippen molar-refractivity contribution < 1.29 is 4.79 Å². The summed E-state index contributed by atoms with van der Waals surface area (Å²) in [6.07, 6.45) is 3.52. The van der Waals surface area contributed by atoms with E-state index >= 15 is 0 Å². The van der Waals surface area contributed by atoms with Crippen LogP contribution in [0, 0.1) is 11.3 Å². The molecule has 0 atom stereocenters. The second kappa shape index (κ2) is 5.03. The molecule has 0 heterocycles. The first-order chi connectivity index (χ1) is 8.69. The van der Waals surface area contributed by atoms with Gasteiger partial charge in [-0.05, 0) is 35.4 Å². The highest BCUT2D eigenvalue weighted by molar-refractivity contribution is 6.69. The van der Waals surface area contributed by atoms with E-state index in [9.17, 15) is 10.1 Å². The normalized spacial score (nSPS) is 10.7. The summed E-state index contributed by atoms with van der Waals surface area (Å²) in [6.45, 7) is 1.83. The minimum atomic E-state index is -0.545. The van der Waals surface area contributed by atoms with Crippen LogP contribution in [-0.2, 0) is 0 Å². The van der Waals surface area contributed by atoms with Crippen LogP contribution in [0.1, 0.15) is 28.4 Å². The Hall–Kier alpha value is -2.11. The molecule has 2 aromatic carbocycles. The van der Waals surface area contributed by atoms with Crippen molar-refractivity contribution >= 4 is 33.7 Å². The number of rotatable bonds is 2. The van der Waals surface area contributed by atoms with Gasteiger partial charge in [-0.25, -0.2) is 0 Å². The SMILES string of the molecule is C/C=C\c1c(C#N)cc2ccccc2c1C(=O)Cl. The molecule has 0 amide bonds. The number of allylic oxidation sites excluding steroid dienone is 1. The predicted molar refractivity (Wildman–Crippen MR) is 73.6 cm³/mol. The summed E-state index contributed by atoms with van der Waals surface area (Å²) in [5, 5.41) is 10.2. The van der Waals surface area contributed by atoms with Gasteiger partial charge in [-0.2, -0.15) is 5.26 Å². The molecule has 3 heteroatoms. The number of hydrogen-bond donors (Lipinski definition) is 0. The number of nitrogens with zero attached hydrogens (tertiary/aromatic N) is 1. The fourth-order valence-corrected chi connectivity index (χ4v) is 2.21. The second-order valence-electron chi connectivity index (χ2n) is 3.82. The van der Waals surface area contributed by atoms with Gasteiger partial charge in [-0.15, -0.1) is 0 Å². The Kier molecular flexibility index (Phi) is 3.45. The first-order valence-corrected chi connectivity index (χ1v) is 5.85. The van der Waals surface area contributed by atoms with Gasteiger partial charge in [0, 0.05) is 5.56 Å². The highest BCUT2D eigenvalue weighted by Crippen LogP contribution is 2.28. The lowest BCUT2D eigenvalue weighted by atomic mass is 9.95. The van der Waals surface area contributed by atoms with E-state index in [0.717, 1.165) is 10.8 Å². The molecule has 0 aliphatic heterocycles. The Morgan fingerprint density at radius 2 is 2.11 bits per heavy atom. The number of carbonyl (C=O) groups is 1. The van der Waals surface area contributed by atoms with Crippen LogP contribution in [0.4, 0.5) is 0 Å². The summed E-state index contributed by atoms with van der Waals surface area (Å²) in [7, 11) is 0. The van der Waals surface area contributed by atoms with Crippen LogP contribution in [-0.4, -0.2) is 5.24 Å². The Bertz CT molecular complexity index is 695. The lowest BCUT2D eigenvalue weighted by molar-refractivity contribution is 0.108. The van der Waals surface area contributed by atoms with Crippen LogP contribution in [0.25, 0.3) is 16.8 Å². The summed E-state index contributed by atoms with van der Waals surface area (Å²) in [4.78, 5) is 11.6. The molecule has 0 saturated carbocycles. The molecule has 0 spiro atoms. The number of halogens is 1. The molecule has 0 aromatic heterocycles. The summed E-state index contributed by atoms with van der Waals surface area (Å²) < 4.78 is 0. The summed E-state index contributed by atoms with van der Waals surface area (Å²) in [5.41, 5.74) is 1.43. The molecule has 0 aliphatic carbocycles. The molecule has 0 fully saturated rings. The molecule has 0 N–H and O–H groups in total. The smallest absolute Gasteiger partial charge is 0.253 e. The standard InChI is InChI=1S/C15H10ClNO/c1-2-5-12-11(9-17)8-10-6-3-4-7-13(10)14(12)15(16)18/h2-8H,1H3/b5-2-. The van der Waals surface area contributed by atoms with E-state index in [1.165, 1.54) is 0 Å². The van der Waals surface area contributed by atoms with Crippen LogP contribution in [0.5, 0.6) is 0 Å². The van der Waals surface area contributed by atoms with Gasteiger partial charge in [-0.1, -0.05) is 36.4 Å². The number of benzene rings is 2. The van der Waals surface area contributed by atoms with Crippen molar-refractivity contribution in [3.8, 4) is 6.07 Å². The third-order valence-electron chi connectivity index (χ3n) is 2.74. The van der Waals surface area contributed by atoms with Crippen molar-refractivity contribution in [3.05, 3.63) is 53.1 Å². The summed E-state index contributed by atoms with van der Waals surface area (Å²) in [5.74, 6) is 0. The van der Waals surface area contributed by atoms with Crippen molar-refractivity contribution in [3.63, 3.8) is 0 Å². The van der Waals surface area contributed by atoms with E-state index in [1.807, 2.05) is 31.2 Å². The fourth-order valence-electron chi connectivity index (χ4n) is 2.01. The largest absolute Gasteiger partial charge is 0.276 e. The number of hydrogen-bond acceptors (Lipinski definition) is 2. The van der Waals surface area contributed by atoms with Gasteiger partial charge in [-0.3, -0.25) is 4.79 Å². The Morgan fingerprint density at radius 1 is 1.39 bits per heavy atom. The van der Waals surface area contributed by atoms with Crippen molar-refractivity contribution in [2.45, 2.75) is 6.92 Å². The van der Waals surface area contributed by atoms with Crippen LogP contribution < -0.4 is 0 Å². The molecule has 0 unspecified atom stereocenters. The van der Waals surface area contributed by atoms with Gasteiger partial charge in [0.15, 0.2) is 0 Å². The van der Waals surface area contributed by atoms with Gasteiger partial charge in [0.2, 0.25) is 0 Å². The maximum atomic E-state index is 11.6. The van der Waals surface area contributed by atoms with Crippen LogP contribution >= 0.6 is 11.6 Å². The van der Waals surface area contributed by atoms with Crippen molar-refractivity contribution in [2.75, 3.05) is 0 Å². The molecule has 0 radical (unpaired) electrons. The first-order valence-electron chi connectivity index (χ1n) is 5.47. The van der Waals surface area contributed by atoms with E-state index in [4.69, 9.17) is 11.6 Å². The molecule has 18 heavy (non-hydrogen) atoms. The van der Waals surface area contributed by atoms with Crippen molar-refractivity contribution in [2.24, 2.45) is 0 Å². The van der Waals surface area contributed by atoms with Crippen LogP contribution in [0.3, 0.4) is 0 Å². The lowest BCUT2D eigenvalue weighted by Crippen LogP contribution is -1.98. The minimum absolute atomic E-state index is 0.393. The lowest BCUT2D eigenvalue weighted by Gasteiger charge is -2.09. The molecule has 88 valence electrons. The third-order valence-corrected chi connectivity index (χ3v) is 2.93. The Morgan fingerprint density at radius 3 is 2.72 bits per heavy atom. The summed E-state index contributed by atoms with van der Waals surface area (Å²) in [6, 6.07) is 11.3. The van der Waals surface area contributed by atoms with Gasteiger partial charge >= 0.3 is 0 Å². The van der Waals surface area contributed by atoms with E-state index in [0.29, 0.717) is 16.7 Å².